The van der Waals surface area contributed by atoms with Gasteiger partial charge in [0, 0.05) is 33.5 Å². The van der Waals surface area contributed by atoms with Crippen LogP contribution in [0, 0.1) is 35.7 Å². The molecular weight excluding hydrogens is 1120 g/mol. The first-order chi connectivity index (χ1) is 35.3. The van der Waals surface area contributed by atoms with Crippen molar-refractivity contribution in [1.82, 2.24) is 0 Å². The molecule has 0 fully saturated rings. The summed E-state index contributed by atoms with van der Waals surface area (Å²) in [6.45, 7) is 8.29. The Morgan fingerprint density at radius 3 is 1.59 bits per heavy atom. The molecule has 0 aliphatic carbocycles. The van der Waals surface area contributed by atoms with E-state index in [1.165, 1.54) is 50.6 Å². The summed E-state index contributed by atoms with van der Waals surface area (Å²) in [6, 6.07) is 11.4. The van der Waals surface area contributed by atoms with E-state index in [9.17, 15) is 58.1 Å². The van der Waals surface area contributed by atoms with Crippen molar-refractivity contribution in [3.63, 3.8) is 0 Å². The maximum Gasteiger partial charge on any atom is 0.327 e. The van der Waals surface area contributed by atoms with Gasteiger partial charge in [-0.15, -0.1) is 0 Å². The zero-order chi connectivity index (χ0) is 57.3. The minimum atomic E-state index is -3.80. The molecule has 0 heterocycles. The molecule has 17 nitrogen and oxygen atoms in total. The van der Waals surface area contributed by atoms with E-state index < -0.39 is 92.1 Å². The summed E-state index contributed by atoms with van der Waals surface area (Å²) in [5.74, 6) is -15.4. The number of carbonyl (C=O) groups excluding carboxylic acids is 3. The number of sulfone groups is 1. The van der Waals surface area contributed by atoms with Crippen LogP contribution in [0.3, 0.4) is 0 Å². The number of hydrogen-bond donors (Lipinski definition) is 3. The van der Waals surface area contributed by atoms with Crippen molar-refractivity contribution in [2.75, 3.05) is 52.9 Å². The number of carbonyl (C=O) groups is 3. The van der Waals surface area contributed by atoms with Gasteiger partial charge in [-0.3, -0.25) is 14.4 Å². The molecule has 0 saturated carbocycles. The lowest BCUT2D eigenvalue weighted by Gasteiger charge is -2.18. The van der Waals surface area contributed by atoms with Gasteiger partial charge in [0.25, 0.3) is 0 Å². The molecule has 0 amide bonds. The van der Waals surface area contributed by atoms with Gasteiger partial charge in [0.05, 0.1) is 23.0 Å². The number of ketones is 2. The predicted octanol–water partition coefficient (Wildman–Crippen LogP) is 9.69. The molecule has 0 saturated heterocycles. The van der Waals surface area contributed by atoms with Crippen molar-refractivity contribution in [3.05, 3.63) is 100 Å². The van der Waals surface area contributed by atoms with Gasteiger partial charge < -0.3 is 42.8 Å². The lowest BCUT2D eigenvalue weighted by atomic mass is 10.0. The molecule has 28 heteroatoms. The number of nitrogens with zero attached hydrogens (tertiary/aromatic N) is 1. The Morgan fingerprint density at radius 2 is 1.11 bits per heavy atom. The molecule has 3 rings (SSSR count). The van der Waals surface area contributed by atoms with Gasteiger partial charge in [0.2, 0.25) is 51.4 Å². The van der Waals surface area contributed by atoms with Gasteiger partial charge in [0.15, 0.2) is 9.84 Å². The highest BCUT2D eigenvalue weighted by Gasteiger charge is 2.29. The Bertz CT molecular complexity index is 2570. The normalized spacial score (nSPS) is 12.7. The van der Waals surface area contributed by atoms with Gasteiger partial charge in [-0.2, -0.15) is 8.78 Å². The number of esters is 1. The topological polar surface area (TPSA) is 252 Å². The van der Waals surface area contributed by atoms with Gasteiger partial charge in [-0.25, -0.2) is 41.7 Å². The van der Waals surface area contributed by atoms with E-state index in [1.807, 2.05) is 13.8 Å². The van der Waals surface area contributed by atoms with E-state index in [0.29, 0.717) is 38.0 Å². The number of unbranched alkanes of at least 4 members (excludes halogenated alkanes) is 7. The number of primary sulfonamides is 1. The van der Waals surface area contributed by atoms with Crippen LogP contribution in [0.1, 0.15) is 109 Å². The van der Waals surface area contributed by atoms with Crippen LogP contribution in [-0.2, 0) is 93.3 Å². The van der Waals surface area contributed by atoms with Gasteiger partial charge in [-0.1, -0.05) is 70.2 Å². The number of sulfonamides is 1. The van der Waals surface area contributed by atoms with E-state index in [2.05, 4.69) is 14.1 Å². The van der Waals surface area contributed by atoms with Crippen LogP contribution in [0.5, 0.6) is 5.75 Å². The SMILES string of the molecule is CC.CC(=O)CS(=O)(=O)c1ccc(CCC(=O)Oc2c(F)c(F)c(F)c(F)c2F)cc1.COP(O)(=S)OCCCCCCCC(=O)CCc1ccc(S(N)(=O)=O)cc1.[C-]#[N+]CCOP(=S)(OC)OCCCCCCN. The Kier molecular flexibility index (Phi) is 36.3. The lowest BCUT2D eigenvalue weighted by Crippen LogP contribution is -2.14. The van der Waals surface area contributed by atoms with Crippen LogP contribution >= 0.6 is 13.4 Å². The summed E-state index contributed by atoms with van der Waals surface area (Å²) in [5, 5.41) is 5.05. The molecule has 2 atom stereocenters. The monoisotopic (exact) mass is 1180 g/mol. The van der Waals surface area contributed by atoms with Crippen LogP contribution in [0.15, 0.2) is 58.3 Å². The van der Waals surface area contributed by atoms with Crippen LogP contribution < -0.4 is 15.6 Å². The molecule has 0 aliphatic heterocycles. The highest BCUT2D eigenvalue weighted by molar-refractivity contribution is 8.07. The summed E-state index contributed by atoms with van der Waals surface area (Å²) < 4.78 is 142. The molecular formula is C47H68F5N3O14P2S4. The first kappa shape index (κ1) is 71.5. The van der Waals surface area contributed by atoms with Crippen molar-refractivity contribution >= 4 is 74.4 Å². The lowest BCUT2D eigenvalue weighted by molar-refractivity contribution is -0.134. The molecule has 0 bridgehead atoms. The van der Waals surface area contributed by atoms with E-state index in [-0.39, 0.29) is 35.1 Å². The smallest absolute Gasteiger partial charge is 0.327 e. The maximum atomic E-state index is 13.5. The summed E-state index contributed by atoms with van der Waals surface area (Å²) in [4.78, 5) is 47.2. The van der Waals surface area contributed by atoms with Crippen LogP contribution in [0.2, 0.25) is 0 Å². The maximum absolute atomic E-state index is 13.5. The summed E-state index contributed by atoms with van der Waals surface area (Å²) in [5.41, 5.74) is 6.74. The third kappa shape index (κ3) is 30.3. The number of aryl methyl sites for hydroxylation is 2. The molecule has 5 N–H and O–H groups in total. The molecule has 0 radical (unpaired) electrons. The molecule has 3 aromatic carbocycles. The van der Waals surface area contributed by atoms with Gasteiger partial charge >= 0.3 is 19.4 Å². The Morgan fingerprint density at radius 1 is 0.653 bits per heavy atom. The molecule has 0 aliphatic rings. The summed E-state index contributed by atoms with van der Waals surface area (Å²) in [6.07, 6.45) is 9.72. The van der Waals surface area contributed by atoms with Crippen LogP contribution in [-0.4, -0.2) is 92.1 Å². The predicted molar refractivity (Wildman–Crippen MR) is 281 cm³/mol. The Hall–Kier alpha value is -3.51. The van der Waals surface area contributed by atoms with Gasteiger partial charge in [0.1, 0.15) is 23.9 Å². The molecule has 0 spiro atoms. The number of rotatable bonds is 32. The third-order valence-corrected chi connectivity index (χ3v) is 16.7. The molecule has 0 aromatic heterocycles. The average Bonchev–Trinajstić information content (AvgIpc) is 3.37. The summed E-state index contributed by atoms with van der Waals surface area (Å²) in [7, 11) is -4.67. The largest absolute Gasteiger partial charge is 0.420 e. The fraction of sp³-hybridized carbons (Fsp3) is 0.532. The van der Waals surface area contributed by atoms with E-state index in [1.54, 1.807) is 12.1 Å². The van der Waals surface area contributed by atoms with Crippen molar-refractivity contribution < 1.29 is 85.4 Å². The first-order valence-electron chi connectivity index (χ1n) is 23.4. The van der Waals surface area contributed by atoms with E-state index in [0.717, 1.165) is 76.8 Å². The number of hydrogen-bond acceptors (Lipinski definition) is 16. The third-order valence-electron chi connectivity index (χ3n) is 9.73. The standard InChI is InChI=1S/C18H13F5O5S.C17H28NO6PS2.C10H21N2O3PS.C2H6/c1-9(24)8-29(26,27)11-5-2-10(3-6-11)4-7-12(25)28-18-16(22)14(20)13(19)15(21)17(18)23;1-23-25(20,26)24-14-6-4-2-3-5-7-16(19)11-8-15-9-12-17(13-10-15)27(18,21)22;1-12-8-10-15-16(17,13-2)14-9-6-4-3-5-7-11;1-2/h2-3,5-6H,4,7-8H2,1H3;9-10,12-13H,2-8,11,14H2,1H3,(H,20,26)(H2,18,21,22);3-11H2,2H3;1-2H3. The van der Waals surface area contributed by atoms with Crippen molar-refractivity contribution in [1.29, 1.82) is 0 Å². The molecule has 3 aromatic rings. The Labute approximate surface area is 447 Å². The fourth-order valence-corrected chi connectivity index (χ4v) is 9.71. The highest BCUT2D eigenvalue weighted by Crippen LogP contribution is 2.49. The zero-order valence-electron chi connectivity index (χ0n) is 42.5. The number of ether oxygens (including phenoxy) is 1. The summed E-state index contributed by atoms with van der Waals surface area (Å²) >= 11 is 9.87. The van der Waals surface area contributed by atoms with E-state index in [4.69, 9.17) is 59.2 Å². The van der Waals surface area contributed by atoms with Crippen molar-refractivity contribution in [3.8, 4) is 5.75 Å². The number of Topliss-reactive ketones (excluding diaryl/α,β-unsaturated/α-hetero) is 2. The van der Waals surface area contributed by atoms with Crippen molar-refractivity contribution in [2.45, 2.75) is 120 Å². The average molecular weight is 1180 g/mol. The van der Waals surface area contributed by atoms with Gasteiger partial charge in [-0.05, 0) is 111 Å². The number of halogens is 5. The highest BCUT2D eigenvalue weighted by atomic mass is 32.5. The second-order valence-electron chi connectivity index (χ2n) is 15.6. The number of nitrogens with two attached hydrogens (primary N) is 2. The van der Waals surface area contributed by atoms with Crippen LogP contribution in [0.25, 0.3) is 4.85 Å². The van der Waals surface area contributed by atoms with E-state index >= 15 is 0 Å². The minimum absolute atomic E-state index is 0.0682. The molecule has 75 heavy (non-hydrogen) atoms. The first-order valence-corrected chi connectivity index (χ1v) is 31.8. The molecule has 424 valence electrons. The quantitative estimate of drug-likeness (QED) is 0.00769. The Balaban J connectivity index is 0.00000111. The zero-order valence-corrected chi connectivity index (χ0v) is 47.6. The second kappa shape index (κ2) is 38.1. The molecule has 2 unspecified atom stereocenters. The fourth-order valence-electron chi connectivity index (χ4n) is 5.86. The minimum Gasteiger partial charge on any atom is -0.420 e. The number of benzene rings is 3. The van der Waals surface area contributed by atoms with Crippen molar-refractivity contribution in [2.24, 2.45) is 10.9 Å². The second-order valence-corrected chi connectivity index (χ2v) is 25.2. The van der Waals surface area contributed by atoms with Crippen LogP contribution in [0.4, 0.5) is 22.0 Å².